The predicted molar refractivity (Wildman–Crippen MR) is 97.7 cm³/mol. The van der Waals surface area contributed by atoms with Gasteiger partial charge in [0.1, 0.15) is 24.4 Å². The van der Waals surface area contributed by atoms with Gasteiger partial charge in [-0.05, 0) is 38.5 Å². The molecular formula is C21H34O5. The number of rotatable bonds is 4. The summed E-state index contributed by atoms with van der Waals surface area (Å²) in [5, 5.41) is 21.5. The van der Waals surface area contributed by atoms with Gasteiger partial charge in [-0.15, -0.1) is 6.58 Å². The van der Waals surface area contributed by atoms with E-state index in [0.717, 1.165) is 51.4 Å². The topological polar surface area (TPSA) is 68.2 Å². The van der Waals surface area contributed by atoms with Crippen LogP contribution in [0.1, 0.15) is 77.0 Å². The fourth-order valence-corrected chi connectivity index (χ4v) is 5.51. The summed E-state index contributed by atoms with van der Waals surface area (Å²) in [4.78, 5) is 0. The van der Waals surface area contributed by atoms with Crippen molar-refractivity contribution in [2.75, 3.05) is 0 Å². The first kappa shape index (κ1) is 18.9. The third-order valence-electron chi connectivity index (χ3n) is 6.99. The molecule has 0 aromatic carbocycles. The molecule has 148 valence electrons. The van der Waals surface area contributed by atoms with Gasteiger partial charge >= 0.3 is 0 Å². The van der Waals surface area contributed by atoms with E-state index in [9.17, 15) is 10.2 Å². The van der Waals surface area contributed by atoms with E-state index >= 15 is 0 Å². The summed E-state index contributed by atoms with van der Waals surface area (Å²) in [5.74, 6) is -0.653. The van der Waals surface area contributed by atoms with Crippen molar-refractivity contribution >= 4 is 0 Å². The normalized spacial score (nSPS) is 38.5. The van der Waals surface area contributed by atoms with Crippen LogP contribution in [0.3, 0.4) is 0 Å². The summed E-state index contributed by atoms with van der Waals surface area (Å²) in [6, 6.07) is 0. The van der Waals surface area contributed by atoms with Crippen LogP contribution in [0.2, 0.25) is 0 Å². The van der Waals surface area contributed by atoms with Crippen LogP contribution in [-0.4, -0.2) is 52.1 Å². The van der Waals surface area contributed by atoms with Crippen LogP contribution in [0.4, 0.5) is 0 Å². The maximum atomic E-state index is 11.1. The minimum absolute atomic E-state index is 0.0432. The van der Waals surface area contributed by atoms with Crippen LogP contribution in [0, 0.1) is 0 Å². The Morgan fingerprint density at radius 2 is 1.42 bits per heavy atom. The highest BCUT2D eigenvalue weighted by atomic mass is 16.8. The molecule has 4 fully saturated rings. The van der Waals surface area contributed by atoms with Gasteiger partial charge in [0.2, 0.25) is 0 Å². The highest BCUT2D eigenvalue weighted by Gasteiger charge is 2.55. The first-order chi connectivity index (χ1) is 12.6. The van der Waals surface area contributed by atoms with E-state index in [1.807, 2.05) is 0 Å². The van der Waals surface area contributed by atoms with E-state index < -0.39 is 30.2 Å². The Kier molecular flexibility index (Phi) is 5.46. The SMILES string of the molecule is C=C[C@H](O)[C@@H]1OC2(CCCCC2)OC1[C@@H](O)C1CCC2(CCCCC2)O1. The van der Waals surface area contributed by atoms with Gasteiger partial charge in [0, 0.05) is 12.8 Å². The highest BCUT2D eigenvalue weighted by molar-refractivity contribution is 5.03. The first-order valence-corrected chi connectivity index (χ1v) is 10.6. The van der Waals surface area contributed by atoms with E-state index in [1.54, 1.807) is 0 Å². The molecule has 2 spiro atoms. The number of aliphatic hydroxyl groups excluding tert-OH is 2. The van der Waals surface area contributed by atoms with Gasteiger partial charge in [-0.1, -0.05) is 31.8 Å². The third-order valence-corrected chi connectivity index (χ3v) is 6.99. The van der Waals surface area contributed by atoms with Crippen molar-refractivity contribution in [1.29, 1.82) is 0 Å². The molecule has 0 bridgehead atoms. The minimum atomic E-state index is -0.846. The molecular weight excluding hydrogens is 332 g/mol. The van der Waals surface area contributed by atoms with Gasteiger partial charge in [0.05, 0.1) is 11.7 Å². The van der Waals surface area contributed by atoms with Crippen LogP contribution in [0.15, 0.2) is 12.7 Å². The Hall–Kier alpha value is -0.460. The molecule has 5 nitrogen and oxygen atoms in total. The van der Waals surface area contributed by atoms with Crippen LogP contribution < -0.4 is 0 Å². The molecule has 5 heteroatoms. The molecule has 2 aliphatic carbocycles. The summed E-state index contributed by atoms with van der Waals surface area (Å²) in [6.45, 7) is 3.70. The molecule has 2 saturated heterocycles. The van der Waals surface area contributed by atoms with Crippen LogP contribution in [0.5, 0.6) is 0 Å². The quantitative estimate of drug-likeness (QED) is 0.748. The molecule has 0 aromatic rings. The second-order valence-corrected chi connectivity index (χ2v) is 8.79. The van der Waals surface area contributed by atoms with E-state index in [1.165, 1.54) is 31.8 Å². The van der Waals surface area contributed by atoms with Gasteiger partial charge in [0.25, 0.3) is 0 Å². The van der Waals surface area contributed by atoms with E-state index in [2.05, 4.69) is 6.58 Å². The van der Waals surface area contributed by atoms with Crippen molar-refractivity contribution in [3.63, 3.8) is 0 Å². The number of ether oxygens (including phenoxy) is 3. The lowest BCUT2D eigenvalue weighted by molar-refractivity contribution is -0.209. The molecule has 0 aromatic heterocycles. The largest absolute Gasteiger partial charge is 0.388 e. The van der Waals surface area contributed by atoms with Crippen molar-refractivity contribution in [1.82, 2.24) is 0 Å². The van der Waals surface area contributed by atoms with Crippen molar-refractivity contribution in [2.24, 2.45) is 0 Å². The summed E-state index contributed by atoms with van der Waals surface area (Å²) < 4.78 is 18.9. The average Bonchev–Trinajstić information content (AvgIpc) is 3.24. The summed E-state index contributed by atoms with van der Waals surface area (Å²) in [5.41, 5.74) is -0.0432. The molecule has 26 heavy (non-hydrogen) atoms. The Labute approximate surface area is 156 Å². The third kappa shape index (κ3) is 3.49. The standard InChI is InChI=1S/C21H34O5/c1-2-15(22)18-19(26-21(25-18)12-7-4-8-13-21)17(23)16-9-14-20(24-16)10-5-3-6-11-20/h2,15-19,22-23H,1,3-14H2/t15-,16?,17-,18-,19?/m0/s1. The first-order valence-electron chi connectivity index (χ1n) is 10.6. The zero-order chi connectivity index (χ0) is 18.2. The van der Waals surface area contributed by atoms with Crippen molar-refractivity contribution in [3.8, 4) is 0 Å². The van der Waals surface area contributed by atoms with Gasteiger partial charge < -0.3 is 24.4 Å². The lowest BCUT2D eigenvalue weighted by Crippen LogP contribution is -2.47. The van der Waals surface area contributed by atoms with Crippen LogP contribution in [0.25, 0.3) is 0 Å². The van der Waals surface area contributed by atoms with E-state index in [0.29, 0.717) is 0 Å². The van der Waals surface area contributed by atoms with E-state index in [-0.39, 0.29) is 11.7 Å². The van der Waals surface area contributed by atoms with Gasteiger partial charge in [-0.25, -0.2) is 0 Å². The molecule has 2 saturated carbocycles. The molecule has 2 aliphatic heterocycles. The lowest BCUT2D eigenvalue weighted by Gasteiger charge is -2.35. The van der Waals surface area contributed by atoms with Crippen LogP contribution in [-0.2, 0) is 14.2 Å². The zero-order valence-electron chi connectivity index (χ0n) is 15.8. The van der Waals surface area contributed by atoms with Gasteiger partial charge in [-0.2, -0.15) is 0 Å². The Balaban J connectivity index is 1.47. The second kappa shape index (κ2) is 7.51. The van der Waals surface area contributed by atoms with Gasteiger partial charge in [-0.3, -0.25) is 0 Å². The highest BCUT2D eigenvalue weighted by Crippen LogP contribution is 2.46. The molecule has 2 N–H and O–H groups in total. The fraction of sp³-hybridized carbons (Fsp3) is 0.905. The maximum Gasteiger partial charge on any atom is 0.169 e. The predicted octanol–water partition coefficient (Wildman–Crippen LogP) is 3.22. The van der Waals surface area contributed by atoms with Gasteiger partial charge in [0.15, 0.2) is 5.79 Å². The molecule has 2 heterocycles. The molecule has 5 atom stereocenters. The molecule has 0 amide bonds. The monoisotopic (exact) mass is 366 g/mol. The zero-order valence-corrected chi connectivity index (χ0v) is 15.8. The van der Waals surface area contributed by atoms with E-state index in [4.69, 9.17) is 14.2 Å². The average molecular weight is 366 g/mol. The number of hydrogen-bond acceptors (Lipinski definition) is 5. The molecule has 4 aliphatic rings. The minimum Gasteiger partial charge on any atom is -0.388 e. The molecule has 0 radical (unpaired) electrons. The fourth-order valence-electron chi connectivity index (χ4n) is 5.51. The smallest absolute Gasteiger partial charge is 0.169 e. The maximum absolute atomic E-state index is 11.1. The van der Waals surface area contributed by atoms with Crippen molar-refractivity contribution in [3.05, 3.63) is 12.7 Å². The van der Waals surface area contributed by atoms with Crippen molar-refractivity contribution in [2.45, 2.75) is 119 Å². The van der Waals surface area contributed by atoms with Crippen LogP contribution >= 0.6 is 0 Å². The summed E-state index contributed by atoms with van der Waals surface area (Å²) >= 11 is 0. The molecule has 2 unspecified atom stereocenters. The summed E-state index contributed by atoms with van der Waals surface area (Å²) in [7, 11) is 0. The second-order valence-electron chi connectivity index (χ2n) is 8.79. The number of hydrogen-bond donors (Lipinski definition) is 2. The Morgan fingerprint density at radius 3 is 2.08 bits per heavy atom. The Morgan fingerprint density at radius 1 is 0.808 bits per heavy atom. The van der Waals surface area contributed by atoms with Crippen molar-refractivity contribution < 1.29 is 24.4 Å². The lowest BCUT2D eigenvalue weighted by atomic mass is 9.83. The summed E-state index contributed by atoms with van der Waals surface area (Å²) in [6.07, 6.45) is 11.2. The Bertz CT molecular complexity index is 495. The molecule has 4 rings (SSSR count). The number of aliphatic hydroxyl groups is 2.